The molecule has 98 valence electrons. The van der Waals surface area contributed by atoms with E-state index in [0.29, 0.717) is 5.92 Å². The van der Waals surface area contributed by atoms with Gasteiger partial charge in [-0.05, 0) is 24.9 Å². The van der Waals surface area contributed by atoms with Crippen molar-refractivity contribution in [2.75, 3.05) is 12.4 Å². The highest BCUT2D eigenvalue weighted by molar-refractivity contribution is 6.17. The Morgan fingerprint density at radius 2 is 2.17 bits per heavy atom. The molecule has 1 N–H and O–H groups in total. The lowest BCUT2D eigenvalue weighted by atomic mass is 10.1. The summed E-state index contributed by atoms with van der Waals surface area (Å²) in [5, 5.41) is 9.25. The van der Waals surface area contributed by atoms with E-state index < -0.39 is 0 Å². The van der Waals surface area contributed by atoms with E-state index in [2.05, 4.69) is 35.5 Å². The molecule has 2 aromatic rings. The number of aryl methyl sites for hydroxylation is 1. The molecule has 1 heterocycles. The van der Waals surface area contributed by atoms with E-state index in [1.165, 1.54) is 10.9 Å². The number of alkyl halides is 1. The quantitative estimate of drug-likeness (QED) is 0.814. The van der Waals surface area contributed by atoms with Gasteiger partial charge in [0.1, 0.15) is 0 Å². The van der Waals surface area contributed by atoms with Crippen molar-refractivity contribution in [1.29, 1.82) is 0 Å². The summed E-state index contributed by atoms with van der Waals surface area (Å²) in [6.45, 7) is 4.01. The van der Waals surface area contributed by atoms with Crippen LogP contribution in [0.2, 0.25) is 0 Å². The molecule has 18 heavy (non-hydrogen) atoms. The first-order valence-corrected chi connectivity index (χ1v) is 6.93. The highest BCUT2D eigenvalue weighted by Gasteiger charge is 2.07. The van der Waals surface area contributed by atoms with Crippen molar-refractivity contribution in [1.82, 2.24) is 15.1 Å². The summed E-state index contributed by atoms with van der Waals surface area (Å²) in [4.78, 5) is 0. The van der Waals surface area contributed by atoms with Crippen molar-refractivity contribution in [2.45, 2.75) is 19.9 Å². The Kier molecular flexibility index (Phi) is 4.61. The highest BCUT2D eigenvalue weighted by atomic mass is 35.5. The first-order valence-electron chi connectivity index (χ1n) is 6.39. The third kappa shape index (κ3) is 3.03. The molecule has 1 atom stereocenters. The number of para-hydroxylation sites is 1. The predicted molar refractivity (Wildman–Crippen MR) is 76.9 cm³/mol. The summed E-state index contributed by atoms with van der Waals surface area (Å²) in [7, 11) is 1.99. The highest BCUT2D eigenvalue weighted by Crippen LogP contribution is 2.17. The van der Waals surface area contributed by atoms with Crippen LogP contribution in [0.4, 0.5) is 0 Å². The summed E-state index contributed by atoms with van der Waals surface area (Å²) < 4.78 is 1.94. The molecule has 0 bridgehead atoms. The van der Waals surface area contributed by atoms with Crippen molar-refractivity contribution in [3.63, 3.8) is 0 Å². The molecule has 4 heteroatoms. The first-order chi connectivity index (χ1) is 8.72. The molecule has 0 aliphatic heterocycles. The molecule has 3 nitrogen and oxygen atoms in total. The van der Waals surface area contributed by atoms with Crippen molar-refractivity contribution >= 4 is 22.5 Å². The zero-order valence-corrected chi connectivity index (χ0v) is 11.7. The molecule has 0 fully saturated rings. The van der Waals surface area contributed by atoms with Crippen LogP contribution in [-0.2, 0) is 13.6 Å². The molecular formula is C14H20ClN3. The van der Waals surface area contributed by atoms with E-state index in [-0.39, 0.29) is 0 Å². The fraction of sp³-hybridized carbons (Fsp3) is 0.500. The van der Waals surface area contributed by atoms with Crippen LogP contribution >= 0.6 is 11.6 Å². The summed E-state index contributed by atoms with van der Waals surface area (Å²) >= 11 is 5.73. The van der Waals surface area contributed by atoms with Crippen LogP contribution < -0.4 is 5.32 Å². The SMILES string of the molecule is CC(CCCl)CNCc1nn(C)c2ccccc12. The summed E-state index contributed by atoms with van der Waals surface area (Å²) in [6, 6.07) is 8.33. The maximum absolute atomic E-state index is 5.73. The van der Waals surface area contributed by atoms with Gasteiger partial charge in [0, 0.05) is 24.9 Å². The van der Waals surface area contributed by atoms with Crippen LogP contribution in [0.3, 0.4) is 0 Å². The average molecular weight is 266 g/mol. The molecule has 2 rings (SSSR count). The van der Waals surface area contributed by atoms with Gasteiger partial charge in [-0.3, -0.25) is 4.68 Å². The maximum atomic E-state index is 5.73. The fourth-order valence-electron chi connectivity index (χ4n) is 2.14. The Bertz CT molecular complexity index is 507. The van der Waals surface area contributed by atoms with Crippen LogP contribution in [0.25, 0.3) is 10.9 Å². The molecular weight excluding hydrogens is 246 g/mol. The van der Waals surface area contributed by atoms with Crippen LogP contribution in [0, 0.1) is 5.92 Å². The number of nitrogens with one attached hydrogen (secondary N) is 1. The third-order valence-electron chi connectivity index (χ3n) is 3.22. The zero-order valence-electron chi connectivity index (χ0n) is 11.0. The number of nitrogens with zero attached hydrogens (tertiary/aromatic N) is 2. The second-order valence-electron chi connectivity index (χ2n) is 4.80. The molecule has 0 saturated heterocycles. The van der Waals surface area contributed by atoms with Gasteiger partial charge in [-0.25, -0.2) is 0 Å². The molecule has 0 radical (unpaired) electrons. The fourth-order valence-corrected chi connectivity index (χ4v) is 2.52. The topological polar surface area (TPSA) is 29.9 Å². The van der Waals surface area contributed by atoms with Crippen molar-refractivity contribution < 1.29 is 0 Å². The summed E-state index contributed by atoms with van der Waals surface area (Å²) in [5.41, 5.74) is 2.30. The number of hydrogen-bond acceptors (Lipinski definition) is 2. The Morgan fingerprint density at radius 3 is 2.94 bits per heavy atom. The van der Waals surface area contributed by atoms with E-state index in [1.54, 1.807) is 0 Å². The van der Waals surface area contributed by atoms with Crippen molar-refractivity contribution in [3.8, 4) is 0 Å². The number of halogens is 1. The lowest BCUT2D eigenvalue weighted by Crippen LogP contribution is -2.21. The van der Waals surface area contributed by atoms with E-state index in [0.717, 1.165) is 31.1 Å². The number of benzene rings is 1. The molecule has 1 aromatic heterocycles. The van der Waals surface area contributed by atoms with Gasteiger partial charge >= 0.3 is 0 Å². The Labute approximate surface area is 113 Å². The third-order valence-corrected chi connectivity index (χ3v) is 3.44. The zero-order chi connectivity index (χ0) is 13.0. The second kappa shape index (κ2) is 6.21. The van der Waals surface area contributed by atoms with Gasteiger partial charge in [-0.1, -0.05) is 25.1 Å². The van der Waals surface area contributed by atoms with Gasteiger partial charge in [-0.15, -0.1) is 11.6 Å². The number of fused-ring (bicyclic) bond motifs is 1. The average Bonchev–Trinajstić information content (AvgIpc) is 2.68. The van der Waals surface area contributed by atoms with E-state index in [4.69, 9.17) is 11.6 Å². The Balaban J connectivity index is 2.00. The normalized spacial score (nSPS) is 13.1. The van der Waals surface area contributed by atoms with Gasteiger partial charge in [-0.2, -0.15) is 5.10 Å². The van der Waals surface area contributed by atoms with Gasteiger partial charge in [0.15, 0.2) is 0 Å². The van der Waals surface area contributed by atoms with Gasteiger partial charge < -0.3 is 5.32 Å². The standard InChI is InChI=1S/C14H20ClN3/c1-11(7-8-15)9-16-10-13-12-5-3-4-6-14(12)18(2)17-13/h3-6,11,16H,7-10H2,1-2H3. The molecule has 0 amide bonds. The van der Waals surface area contributed by atoms with E-state index in [9.17, 15) is 0 Å². The summed E-state index contributed by atoms with van der Waals surface area (Å²) in [5.74, 6) is 1.34. The lowest BCUT2D eigenvalue weighted by Gasteiger charge is -2.09. The molecule has 0 spiro atoms. The summed E-state index contributed by atoms with van der Waals surface area (Å²) in [6.07, 6.45) is 1.05. The number of rotatable bonds is 6. The Hall–Kier alpha value is -1.06. The monoisotopic (exact) mass is 265 g/mol. The van der Waals surface area contributed by atoms with Gasteiger partial charge in [0.2, 0.25) is 0 Å². The minimum absolute atomic E-state index is 0.609. The van der Waals surface area contributed by atoms with Gasteiger partial charge in [0.05, 0.1) is 11.2 Å². The first kappa shape index (κ1) is 13.4. The van der Waals surface area contributed by atoms with Crippen LogP contribution in [0.1, 0.15) is 19.0 Å². The molecule has 1 unspecified atom stereocenters. The van der Waals surface area contributed by atoms with Crippen molar-refractivity contribution in [3.05, 3.63) is 30.0 Å². The molecule has 0 aliphatic rings. The van der Waals surface area contributed by atoms with Gasteiger partial charge in [0.25, 0.3) is 0 Å². The second-order valence-corrected chi connectivity index (χ2v) is 5.18. The van der Waals surface area contributed by atoms with Crippen LogP contribution in [-0.4, -0.2) is 22.2 Å². The van der Waals surface area contributed by atoms with Crippen LogP contribution in [0.5, 0.6) is 0 Å². The van der Waals surface area contributed by atoms with E-state index >= 15 is 0 Å². The molecule has 0 aliphatic carbocycles. The largest absolute Gasteiger partial charge is 0.311 e. The smallest absolute Gasteiger partial charge is 0.0841 e. The van der Waals surface area contributed by atoms with E-state index in [1.807, 2.05) is 17.8 Å². The molecule has 1 aromatic carbocycles. The Morgan fingerprint density at radius 1 is 1.39 bits per heavy atom. The minimum atomic E-state index is 0.609. The number of hydrogen-bond donors (Lipinski definition) is 1. The molecule has 0 saturated carbocycles. The lowest BCUT2D eigenvalue weighted by molar-refractivity contribution is 0.498. The van der Waals surface area contributed by atoms with Crippen molar-refractivity contribution in [2.24, 2.45) is 13.0 Å². The van der Waals surface area contributed by atoms with Crippen LogP contribution in [0.15, 0.2) is 24.3 Å². The number of aromatic nitrogens is 2. The maximum Gasteiger partial charge on any atom is 0.0841 e. The minimum Gasteiger partial charge on any atom is -0.311 e. The predicted octanol–water partition coefficient (Wildman–Crippen LogP) is 2.93.